The zero-order valence-electron chi connectivity index (χ0n) is 21.2. The first-order chi connectivity index (χ1) is 19.3. The molecule has 0 aliphatic rings. The van der Waals surface area contributed by atoms with E-state index >= 15 is 0 Å². The summed E-state index contributed by atoms with van der Waals surface area (Å²) in [6.45, 7) is -0.393. The number of carbonyl (C=O) groups is 2. The number of Topliss-reactive ketones (excluding diaryl/α,β-unsaturated/α-hetero) is 1. The Bertz CT molecular complexity index is 1710. The standard InChI is InChI=1S/C29H25ClN4O6/c30-19-4-3-17-12-27(23(29(31)38)11-18(17)10-19)39-16-26(37)24-14-34(9-7-20(36)15-35)25-13-21(5-6-22(24)25)40-28-2-1-8-32-33-28/h1-6,8,10-14,20,35-36H,7,9,15-16H2,(H2,31,38). The third-order valence-corrected chi connectivity index (χ3v) is 6.60. The fraction of sp³-hybridized carbons (Fsp3) is 0.172. The molecule has 0 spiro atoms. The van der Waals surface area contributed by atoms with Gasteiger partial charge in [-0.2, -0.15) is 5.10 Å². The number of hydrogen-bond donors (Lipinski definition) is 3. The summed E-state index contributed by atoms with van der Waals surface area (Å²) in [5, 5.41) is 29.5. The van der Waals surface area contributed by atoms with E-state index in [0.717, 1.165) is 5.39 Å². The summed E-state index contributed by atoms with van der Waals surface area (Å²) in [4.78, 5) is 25.5. The zero-order chi connectivity index (χ0) is 28.2. The number of aliphatic hydroxyl groups is 2. The summed E-state index contributed by atoms with van der Waals surface area (Å²) in [6, 6.07) is 17.0. The molecule has 10 nitrogen and oxygen atoms in total. The second kappa shape index (κ2) is 11.7. The lowest BCUT2D eigenvalue weighted by atomic mass is 10.1. The van der Waals surface area contributed by atoms with E-state index in [1.165, 1.54) is 6.20 Å². The maximum Gasteiger partial charge on any atom is 0.252 e. The van der Waals surface area contributed by atoms with Crippen molar-refractivity contribution in [2.24, 2.45) is 5.73 Å². The highest BCUT2D eigenvalue weighted by Crippen LogP contribution is 2.31. The molecule has 40 heavy (non-hydrogen) atoms. The first kappa shape index (κ1) is 27.1. The van der Waals surface area contributed by atoms with Crippen molar-refractivity contribution in [1.82, 2.24) is 14.8 Å². The van der Waals surface area contributed by atoms with Gasteiger partial charge in [0.1, 0.15) is 11.5 Å². The quantitative estimate of drug-likeness (QED) is 0.204. The Morgan fingerprint density at radius 2 is 1.90 bits per heavy atom. The Hall–Kier alpha value is -4.51. The molecule has 1 unspecified atom stereocenters. The summed E-state index contributed by atoms with van der Waals surface area (Å²) in [6.07, 6.45) is 2.56. The van der Waals surface area contributed by atoms with Gasteiger partial charge in [0, 0.05) is 47.0 Å². The van der Waals surface area contributed by atoms with E-state index in [0.29, 0.717) is 45.0 Å². The number of amides is 1. The van der Waals surface area contributed by atoms with Crippen LogP contribution in [0.4, 0.5) is 0 Å². The number of ether oxygens (including phenoxy) is 2. The number of fused-ring (bicyclic) bond motifs is 2. The number of aliphatic hydroxyl groups excluding tert-OH is 2. The van der Waals surface area contributed by atoms with Crippen LogP contribution in [-0.2, 0) is 6.54 Å². The van der Waals surface area contributed by atoms with Crippen LogP contribution in [0.25, 0.3) is 21.7 Å². The van der Waals surface area contributed by atoms with Crippen LogP contribution in [0.5, 0.6) is 17.4 Å². The summed E-state index contributed by atoms with van der Waals surface area (Å²) >= 11 is 6.07. The maximum absolute atomic E-state index is 13.4. The number of aromatic nitrogens is 3. The van der Waals surface area contributed by atoms with E-state index in [4.69, 9.17) is 26.8 Å². The van der Waals surface area contributed by atoms with E-state index in [1.807, 2.05) is 0 Å². The number of benzene rings is 3. The Balaban J connectivity index is 1.44. The molecule has 0 aliphatic carbocycles. The number of ketones is 1. The van der Waals surface area contributed by atoms with E-state index in [9.17, 15) is 19.8 Å². The molecule has 1 atom stereocenters. The van der Waals surface area contributed by atoms with Gasteiger partial charge in [-0.25, -0.2) is 0 Å². The van der Waals surface area contributed by atoms with Crippen LogP contribution in [0, 0.1) is 0 Å². The Morgan fingerprint density at radius 3 is 2.65 bits per heavy atom. The Labute approximate surface area is 233 Å². The average molecular weight is 561 g/mol. The molecule has 5 rings (SSSR count). The number of primary amides is 1. The molecule has 0 saturated heterocycles. The number of carbonyl (C=O) groups excluding carboxylic acids is 2. The minimum atomic E-state index is -0.908. The topological polar surface area (TPSA) is 150 Å². The predicted molar refractivity (Wildman–Crippen MR) is 149 cm³/mol. The van der Waals surface area contributed by atoms with Gasteiger partial charge in [0.05, 0.1) is 23.8 Å². The smallest absolute Gasteiger partial charge is 0.252 e. The van der Waals surface area contributed by atoms with Crippen LogP contribution >= 0.6 is 11.6 Å². The van der Waals surface area contributed by atoms with E-state index < -0.39 is 12.0 Å². The molecule has 4 N–H and O–H groups in total. The lowest BCUT2D eigenvalue weighted by Gasteiger charge is -2.11. The fourth-order valence-corrected chi connectivity index (χ4v) is 4.55. The lowest BCUT2D eigenvalue weighted by Crippen LogP contribution is -2.17. The molecule has 11 heteroatoms. The first-order valence-electron chi connectivity index (χ1n) is 12.4. The summed E-state index contributed by atoms with van der Waals surface area (Å²) in [7, 11) is 0. The van der Waals surface area contributed by atoms with Crippen molar-refractivity contribution < 1.29 is 29.3 Å². The molecule has 0 fully saturated rings. The highest BCUT2D eigenvalue weighted by molar-refractivity contribution is 6.31. The molecule has 3 aromatic carbocycles. The molecular formula is C29H25ClN4O6. The number of hydrogen-bond acceptors (Lipinski definition) is 8. The van der Waals surface area contributed by atoms with Gasteiger partial charge >= 0.3 is 0 Å². The van der Waals surface area contributed by atoms with Crippen molar-refractivity contribution in [3.8, 4) is 17.4 Å². The molecule has 2 heterocycles. The van der Waals surface area contributed by atoms with Crippen LogP contribution in [0.15, 0.2) is 73.1 Å². The highest BCUT2D eigenvalue weighted by Gasteiger charge is 2.19. The van der Waals surface area contributed by atoms with Crippen molar-refractivity contribution in [2.75, 3.05) is 13.2 Å². The number of nitrogens with zero attached hydrogens (tertiary/aromatic N) is 3. The Morgan fingerprint density at radius 1 is 1.05 bits per heavy atom. The maximum atomic E-state index is 13.4. The molecule has 0 bridgehead atoms. The normalized spacial score (nSPS) is 12.0. The van der Waals surface area contributed by atoms with Crippen LogP contribution in [0.1, 0.15) is 27.1 Å². The summed E-state index contributed by atoms with van der Waals surface area (Å²) in [5.74, 6) is -0.0549. The number of aryl methyl sites for hydroxylation is 1. The number of rotatable bonds is 11. The van der Waals surface area contributed by atoms with Gasteiger partial charge in [-0.3, -0.25) is 9.59 Å². The van der Waals surface area contributed by atoms with Gasteiger partial charge in [-0.05, 0) is 59.7 Å². The summed E-state index contributed by atoms with van der Waals surface area (Å²) in [5.41, 5.74) is 6.77. The van der Waals surface area contributed by atoms with Gasteiger partial charge in [0.2, 0.25) is 11.7 Å². The van der Waals surface area contributed by atoms with Gasteiger partial charge in [0.25, 0.3) is 5.91 Å². The van der Waals surface area contributed by atoms with E-state index in [1.54, 1.807) is 71.4 Å². The van der Waals surface area contributed by atoms with Gasteiger partial charge in [0.15, 0.2) is 6.61 Å². The monoisotopic (exact) mass is 560 g/mol. The van der Waals surface area contributed by atoms with Gasteiger partial charge in [-0.15, -0.1) is 5.10 Å². The minimum Gasteiger partial charge on any atom is -0.485 e. The largest absolute Gasteiger partial charge is 0.485 e. The molecule has 1 amide bonds. The molecule has 204 valence electrons. The second-order valence-electron chi connectivity index (χ2n) is 9.12. The highest BCUT2D eigenvalue weighted by atomic mass is 35.5. The SMILES string of the molecule is NC(=O)c1cc2cc(Cl)ccc2cc1OCC(=O)c1cn(CCC(O)CO)c2cc(Oc3cccnn3)ccc12. The van der Waals surface area contributed by atoms with Crippen molar-refractivity contribution in [1.29, 1.82) is 0 Å². The molecular weight excluding hydrogens is 536 g/mol. The van der Waals surface area contributed by atoms with E-state index in [2.05, 4.69) is 10.2 Å². The number of nitrogens with two attached hydrogens (primary N) is 1. The minimum absolute atomic E-state index is 0.133. The van der Waals surface area contributed by atoms with E-state index in [-0.39, 0.29) is 36.7 Å². The third-order valence-electron chi connectivity index (χ3n) is 6.36. The first-order valence-corrected chi connectivity index (χ1v) is 12.8. The van der Waals surface area contributed by atoms with Crippen molar-refractivity contribution in [3.63, 3.8) is 0 Å². The predicted octanol–water partition coefficient (Wildman–Crippen LogP) is 4.13. The molecule has 5 aromatic rings. The molecule has 0 radical (unpaired) electrons. The molecule has 0 aliphatic heterocycles. The van der Waals surface area contributed by atoms with Crippen LogP contribution in [-0.4, -0.2) is 56.0 Å². The van der Waals surface area contributed by atoms with Crippen molar-refractivity contribution >= 4 is 45.0 Å². The number of halogens is 1. The average Bonchev–Trinajstić information content (AvgIpc) is 3.32. The van der Waals surface area contributed by atoms with Crippen LogP contribution in [0.2, 0.25) is 5.02 Å². The lowest BCUT2D eigenvalue weighted by molar-refractivity contribution is 0.0849. The fourth-order valence-electron chi connectivity index (χ4n) is 4.37. The Kier molecular flexibility index (Phi) is 7.92. The third kappa shape index (κ3) is 5.89. The van der Waals surface area contributed by atoms with Gasteiger partial charge in [-0.1, -0.05) is 17.7 Å². The van der Waals surface area contributed by atoms with Crippen LogP contribution in [0.3, 0.4) is 0 Å². The van der Waals surface area contributed by atoms with Crippen LogP contribution < -0.4 is 15.2 Å². The molecule has 0 saturated carbocycles. The van der Waals surface area contributed by atoms with Gasteiger partial charge < -0.3 is 30.0 Å². The van der Waals surface area contributed by atoms with Crippen molar-refractivity contribution in [3.05, 3.63) is 89.2 Å². The van der Waals surface area contributed by atoms with Crippen molar-refractivity contribution in [2.45, 2.75) is 19.1 Å². The zero-order valence-corrected chi connectivity index (χ0v) is 21.9. The second-order valence-corrected chi connectivity index (χ2v) is 9.56. The summed E-state index contributed by atoms with van der Waals surface area (Å²) < 4.78 is 13.4. The molecule has 2 aromatic heterocycles.